The van der Waals surface area contributed by atoms with Crippen LogP contribution in [0.15, 0.2) is 36.4 Å². The van der Waals surface area contributed by atoms with E-state index in [4.69, 9.17) is 4.74 Å². The Morgan fingerprint density at radius 2 is 2.03 bits per heavy atom. The highest BCUT2D eigenvalue weighted by Crippen LogP contribution is 2.30. The van der Waals surface area contributed by atoms with E-state index in [1.165, 1.54) is 6.07 Å². The molecule has 148 valence electrons. The minimum Gasteiger partial charge on any atom is -0.455 e. The number of nitrogens with one attached hydrogen (secondary N) is 1. The first-order valence-corrected chi connectivity index (χ1v) is 10.5. The molecule has 1 aromatic heterocycles. The fourth-order valence-corrected chi connectivity index (χ4v) is 4.42. The second-order valence-electron chi connectivity index (χ2n) is 6.85. The van der Waals surface area contributed by atoms with Gasteiger partial charge in [0.05, 0.1) is 28.5 Å². The molecule has 0 radical (unpaired) electrons. The highest BCUT2D eigenvalue weighted by molar-refractivity contribution is 7.89. The molecule has 0 saturated carbocycles. The van der Waals surface area contributed by atoms with Gasteiger partial charge in [0.25, 0.3) is 0 Å². The lowest BCUT2D eigenvalue weighted by molar-refractivity contribution is -0.123. The third-order valence-corrected chi connectivity index (χ3v) is 5.99. The number of nitriles is 1. The molecule has 0 unspecified atom stereocenters. The number of amides is 1. The van der Waals surface area contributed by atoms with Crippen LogP contribution in [0.4, 0.5) is 5.82 Å². The van der Waals surface area contributed by atoms with E-state index in [0.717, 1.165) is 0 Å². The van der Waals surface area contributed by atoms with Gasteiger partial charge in [0.15, 0.2) is 0 Å². The van der Waals surface area contributed by atoms with Gasteiger partial charge in [0.1, 0.15) is 18.5 Å². The molecule has 1 fully saturated rings. The van der Waals surface area contributed by atoms with Crippen LogP contribution < -0.4 is 9.62 Å². The number of fused-ring (bicyclic) bond motifs is 1. The predicted molar refractivity (Wildman–Crippen MR) is 101 cm³/mol. The molecule has 0 aliphatic carbocycles. The first-order valence-electron chi connectivity index (χ1n) is 8.80. The first kappa shape index (κ1) is 18.9. The van der Waals surface area contributed by atoms with Crippen molar-refractivity contribution in [3.63, 3.8) is 0 Å². The van der Waals surface area contributed by atoms with Crippen molar-refractivity contribution in [3.05, 3.63) is 58.8 Å². The summed E-state index contributed by atoms with van der Waals surface area (Å²) in [6.45, 7) is 0.492. The number of ether oxygens (including phenoxy) is 1. The normalized spacial score (nSPS) is 15.8. The molecule has 0 atom stereocenters. The van der Waals surface area contributed by atoms with Crippen LogP contribution in [0, 0.1) is 17.2 Å². The molecule has 2 aliphatic heterocycles. The number of benzene rings is 1. The second kappa shape index (κ2) is 7.18. The number of hydrogen-bond acceptors (Lipinski definition) is 8. The number of aromatic nitrogens is 1. The minimum atomic E-state index is -3.80. The number of esters is 1. The zero-order valence-electron chi connectivity index (χ0n) is 15.2. The van der Waals surface area contributed by atoms with Gasteiger partial charge in [-0.15, -0.1) is 0 Å². The summed E-state index contributed by atoms with van der Waals surface area (Å²) in [5.41, 5.74) is 1.51. The van der Waals surface area contributed by atoms with Gasteiger partial charge in [0, 0.05) is 13.1 Å². The van der Waals surface area contributed by atoms with Gasteiger partial charge in [0.2, 0.25) is 15.9 Å². The van der Waals surface area contributed by atoms with Crippen molar-refractivity contribution >= 4 is 27.7 Å². The zero-order valence-corrected chi connectivity index (χ0v) is 16.0. The van der Waals surface area contributed by atoms with E-state index < -0.39 is 27.8 Å². The quantitative estimate of drug-likeness (QED) is 0.711. The van der Waals surface area contributed by atoms with Crippen LogP contribution in [0.2, 0.25) is 0 Å². The van der Waals surface area contributed by atoms with Gasteiger partial charge >= 0.3 is 5.97 Å². The van der Waals surface area contributed by atoms with E-state index in [-0.39, 0.29) is 36.6 Å². The van der Waals surface area contributed by atoms with Crippen molar-refractivity contribution < 1.29 is 22.7 Å². The van der Waals surface area contributed by atoms with E-state index >= 15 is 0 Å². The molecule has 10 heteroatoms. The molecule has 1 N–H and O–H groups in total. The van der Waals surface area contributed by atoms with E-state index in [9.17, 15) is 23.3 Å². The van der Waals surface area contributed by atoms with Crippen LogP contribution in [-0.4, -0.2) is 38.4 Å². The molecule has 1 amide bonds. The molecule has 4 rings (SSSR count). The van der Waals surface area contributed by atoms with Gasteiger partial charge in [-0.1, -0.05) is 30.3 Å². The number of carbonyl (C=O) groups excluding carboxylic acids is 2. The molecule has 3 heterocycles. The summed E-state index contributed by atoms with van der Waals surface area (Å²) >= 11 is 0. The van der Waals surface area contributed by atoms with Crippen LogP contribution in [0.5, 0.6) is 0 Å². The molecular weight excluding hydrogens is 396 g/mol. The Labute approximate surface area is 167 Å². The number of carbonyl (C=O) groups is 2. The Balaban J connectivity index is 1.41. The van der Waals surface area contributed by atoms with E-state index in [1.54, 1.807) is 35.2 Å². The average molecular weight is 412 g/mol. The molecule has 9 nitrogen and oxygen atoms in total. The fraction of sp³-hybridized carbons (Fsp3) is 0.263. The third kappa shape index (κ3) is 3.77. The monoisotopic (exact) mass is 412 g/mol. The maximum absolute atomic E-state index is 12.3. The Kier molecular flexibility index (Phi) is 4.68. The molecule has 2 aromatic rings. The lowest BCUT2D eigenvalue weighted by Crippen LogP contribution is -2.55. The van der Waals surface area contributed by atoms with Gasteiger partial charge < -0.3 is 9.64 Å². The Morgan fingerprint density at radius 1 is 1.31 bits per heavy atom. The zero-order chi connectivity index (χ0) is 20.6. The van der Waals surface area contributed by atoms with Crippen LogP contribution in [0.3, 0.4) is 0 Å². The fourth-order valence-electron chi connectivity index (χ4n) is 3.25. The van der Waals surface area contributed by atoms with E-state index in [2.05, 4.69) is 9.71 Å². The number of anilines is 1. The van der Waals surface area contributed by atoms with E-state index in [1.807, 2.05) is 6.07 Å². The van der Waals surface area contributed by atoms with Crippen molar-refractivity contribution in [2.75, 3.05) is 18.0 Å². The van der Waals surface area contributed by atoms with Crippen molar-refractivity contribution in [2.24, 2.45) is 5.92 Å². The second-order valence-corrected chi connectivity index (χ2v) is 8.58. The minimum absolute atomic E-state index is 0.0440. The van der Waals surface area contributed by atoms with Crippen molar-refractivity contribution in [2.45, 2.75) is 12.4 Å². The molecule has 1 aromatic carbocycles. The maximum Gasteiger partial charge on any atom is 0.340 e. The predicted octanol–water partition coefficient (Wildman–Crippen LogP) is 0.706. The lowest BCUT2D eigenvalue weighted by Gasteiger charge is -2.39. The summed E-state index contributed by atoms with van der Waals surface area (Å²) in [7, 11) is -3.80. The summed E-state index contributed by atoms with van der Waals surface area (Å²) in [5.74, 6) is -1.56. The summed E-state index contributed by atoms with van der Waals surface area (Å²) in [5, 5.41) is 9.35. The summed E-state index contributed by atoms with van der Waals surface area (Å²) in [6, 6.07) is 12.0. The van der Waals surface area contributed by atoms with Crippen molar-refractivity contribution in [3.8, 4) is 6.07 Å². The smallest absolute Gasteiger partial charge is 0.340 e. The third-order valence-electron chi connectivity index (χ3n) is 4.77. The van der Waals surface area contributed by atoms with Crippen LogP contribution in [0.25, 0.3) is 0 Å². The van der Waals surface area contributed by atoms with Gasteiger partial charge in [-0.2, -0.15) is 5.26 Å². The molecular formula is C19H16N4O5S. The first-order chi connectivity index (χ1) is 13.9. The molecule has 1 saturated heterocycles. The van der Waals surface area contributed by atoms with Gasteiger partial charge in [-0.05, 0) is 11.6 Å². The number of rotatable bonds is 5. The standard InChI is InChI=1S/C19H16N4O5S/c20-7-13-6-15-16(10-28-19(15)25)21-17(13)23-8-14(9-23)18(24)22-29(26,27)11-12-4-2-1-3-5-12/h1-6,14H,8-11H2,(H,22,24). The van der Waals surface area contributed by atoms with Gasteiger partial charge in [-0.25, -0.2) is 18.2 Å². The maximum atomic E-state index is 12.3. The van der Waals surface area contributed by atoms with Crippen LogP contribution in [0.1, 0.15) is 27.2 Å². The summed E-state index contributed by atoms with van der Waals surface area (Å²) in [4.78, 5) is 30.0. The number of hydrogen-bond donors (Lipinski definition) is 1. The highest BCUT2D eigenvalue weighted by Gasteiger charge is 2.37. The van der Waals surface area contributed by atoms with Crippen molar-refractivity contribution in [1.82, 2.24) is 9.71 Å². The molecule has 2 aliphatic rings. The highest BCUT2D eigenvalue weighted by atomic mass is 32.2. The molecule has 0 spiro atoms. The number of sulfonamides is 1. The van der Waals surface area contributed by atoms with Crippen LogP contribution >= 0.6 is 0 Å². The SMILES string of the molecule is N#Cc1cc2c(nc1N1CC(C(=O)NS(=O)(=O)Cc3ccccc3)C1)COC2=O. The molecule has 0 bridgehead atoms. The van der Waals surface area contributed by atoms with E-state index in [0.29, 0.717) is 17.1 Å². The molecule has 29 heavy (non-hydrogen) atoms. The van der Waals surface area contributed by atoms with Gasteiger partial charge in [-0.3, -0.25) is 9.52 Å². The topological polar surface area (TPSA) is 129 Å². The van der Waals surface area contributed by atoms with Crippen molar-refractivity contribution in [1.29, 1.82) is 5.26 Å². The Bertz CT molecular complexity index is 1140. The Hall–Kier alpha value is -3.45. The Morgan fingerprint density at radius 3 is 2.72 bits per heavy atom. The summed E-state index contributed by atoms with van der Waals surface area (Å²) < 4.78 is 31.5. The lowest BCUT2D eigenvalue weighted by atomic mass is 9.98. The van der Waals surface area contributed by atoms with Crippen LogP contribution in [-0.2, 0) is 31.9 Å². The summed E-state index contributed by atoms with van der Waals surface area (Å²) in [6.07, 6.45) is 0. The number of nitrogens with zero attached hydrogens (tertiary/aromatic N) is 3. The average Bonchev–Trinajstić information content (AvgIpc) is 3.00. The number of pyridine rings is 1. The largest absolute Gasteiger partial charge is 0.455 e. The number of cyclic esters (lactones) is 1.